The molecular weight excluding hydrogens is 318 g/mol. The maximum atomic E-state index is 12.7. The highest BCUT2D eigenvalue weighted by molar-refractivity contribution is 5.76. The van der Waals surface area contributed by atoms with E-state index < -0.39 is 0 Å². The zero-order valence-electron chi connectivity index (χ0n) is 15.4. The summed E-state index contributed by atoms with van der Waals surface area (Å²) >= 11 is 0. The van der Waals surface area contributed by atoms with Gasteiger partial charge in [-0.25, -0.2) is 0 Å². The van der Waals surface area contributed by atoms with Gasteiger partial charge in [0, 0.05) is 49.5 Å². The third-order valence-electron chi connectivity index (χ3n) is 5.00. The Balaban J connectivity index is 1.71. The normalized spacial score (nSPS) is 20.6. The number of carbonyl (C=O) groups excluding carboxylic acids is 1. The number of aliphatic hydroxyl groups excluding tert-OH is 1. The van der Waals surface area contributed by atoms with Crippen LogP contribution >= 0.6 is 0 Å². The summed E-state index contributed by atoms with van der Waals surface area (Å²) in [6, 6.07) is 2.27. The molecule has 3 heterocycles. The van der Waals surface area contributed by atoms with Crippen LogP contribution in [0.2, 0.25) is 0 Å². The summed E-state index contributed by atoms with van der Waals surface area (Å²) in [7, 11) is 0. The number of hydrogen-bond donors (Lipinski definition) is 1. The van der Waals surface area contributed by atoms with E-state index in [2.05, 4.69) is 24.0 Å². The molecule has 1 amide bonds. The van der Waals surface area contributed by atoms with Gasteiger partial charge in [0.2, 0.25) is 5.91 Å². The van der Waals surface area contributed by atoms with Crippen molar-refractivity contribution in [1.29, 1.82) is 0 Å². The topological polar surface area (TPSA) is 76.2 Å². The maximum Gasteiger partial charge on any atom is 0.244 e. The summed E-state index contributed by atoms with van der Waals surface area (Å²) in [5, 5.41) is 18.5. The molecule has 136 valence electrons. The van der Waals surface area contributed by atoms with E-state index in [1.54, 1.807) is 4.68 Å². The Kier molecular flexibility index (Phi) is 4.94. The number of hydrogen-bond acceptors (Lipinski definition) is 4. The molecule has 0 spiro atoms. The molecule has 0 aliphatic carbocycles. The SMILES string of the molecule is Cc1cc(C)n(CC(=O)N2C[C@@H](CO)[C@H](c3cnn(C(C)C)c3)C2)n1. The summed E-state index contributed by atoms with van der Waals surface area (Å²) in [6.07, 6.45) is 3.90. The molecule has 7 nitrogen and oxygen atoms in total. The van der Waals surface area contributed by atoms with Crippen molar-refractivity contribution in [2.24, 2.45) is 5.92 Å². The van der Waals surface area contributed by atoms with Gasteiger partial charge >= 0.3 is 0 Å². The van der Waals surface area contributed by atoms with E-state index in [1.807, 2.05) is 41.9 Å². The lowest BCUT2D eigenvalue weighted by Crippen LogP contribution is -2.33. The average Bonchev–Trinajstić information content (AvgIpc) is 3.25. The molecule has 7 heteroatoms. The molecule has 1 fully saturated rings. The lowest BCUT2D eigenvalue weighted by molar-refractivity contribution is -0.131. The second-order valence-electron chi connectivity index (χ2n) is 7.28. The zero-order chi connectivity index (χ0) is 18.1. The van der Waals surface area contributed by atoms with Gasteiger partial charge in [0.25, 0.3) is 0 Å². The molecule has 1 saturated heterocycles. The fourth-order valence-corrected chi connectivity index (χ4v) is 3.53. The largest absolute Gasteiger partial charge is 0.396 e. The van der Waals surface area contributed by atoms with E-state index in [9.17, 15) is 9.90 Å². The van der Waals surface area contributed by atoms with E-state index in [0.29, 0.717) is 19.1 Å². The molecule has 2 atom stereocenters. The molecule has 2 aromatic heterocycles. The first-order valence-corrected chi connectivity index (χ1v) is 8.82. The van der Waals surface area contributed by atoms with Gasteiger partial charge in [0.15, 0.2) is 0 Å². The van der Waals surface area contributed by atoms with Gasteiger partial charge < -0.3 is 10.0 Å². The molecule has 2 aromatic rings. The molecule has 1 aliphatic rings. The predicted molar refractivity (Wildman–Crippen MR) is 94.2 cm³/mol. The lowest BCUT2D eigenvalue weighted by atomic mass is 9.92. The van der Waals surface area contributed by atoms with Crippen LogP contribution in [-0.4, -0.2) is 55.2 Å². The minimum Gasteiger partial charge on any atom is -0.396 e. The minimum absolute atomic E-state index is 0.0448. The van der Waals surface area contributed by atoms with Crippen LogP contribution in [0, 0.1) is 19.8 Å². The molecule has 1 aliphatic heterocycles. The van der Waals surface area contributed by atoms with Gasteiger partial charge in [-0.2, -0.15) is 10.2 Å². The average molecular weight is 345 g/mol. The van der Waals surface area contributed by atoms with Crippen LogP contribution in [0.4, 0.5) is 0 Å². The van der Waals surface area contributed by atoms with Gasteiger partial charge in [-0.1, -0.05) is 0 Å². The van der Waals surface area contributed by atoms with E-state index in [0.717, 1.165) is 17.0 Å². The van der Waals surface area contributed by atoms with Crippen molar-refractivity contribution in [2.75, 3.05) is 19.7 Å². The van der Waals surface area contributed by atoms with Gasteiger partial charge in [-0.05, 0) is 39.3 Å². The Morgan fingerprint density at radius 3 is 2.68 bits per heavy atom. The Labute approximate surface area is 148 Å². The highest BCUT2D eigenvalue weighted by Gasteiger charge is 2.36. The van der Waals surface area contributed by atoms with Crippen LogP contribution in [0.1, 0.15) is 42.8 Å². The Bertz CT molecular complexity index is 748. The summed E-state index contributed by atoms with van der Waals surface area (Å²) in [5.41, 5.74) is 2.99. The van der Waals surface area contributed by atoms with Crippen LogP contribution < -0.4 is 0 Å². The number of amides is 1. The van der Waals surface area contributed by atoms with Crippen molar-refractivity contribution in [3.05, 3.63) is 35.4 Å². The first kappa shape index (κ1) is 17.7. The van der Waals surface area contributed by atoms with E-state index in [4.69, 9.17) is 0 Å². The molecule has 0 unspecified atom stereocenters. The van der Waals surface area contributed by atoms with Gasteiger partial charge in [0.05, 0.1) is 11.9 Å². The highest BCUT2D eigenvalue weighted by Crippen LogP contribution is 2.32. The van der Waals surface area contributed by atoms with Crippen LogP contribution in [0.5, 0.6) is 0 Å². The Morgan fingerprint density at radius 2 is 2.12 bits per heavy atom. The van der Waals surface area contributed by atoms with Crippen molar-refractivity contribution >= 4 is 5.91 Å². The Morgan fingerprint density at radius 1 is 1.36 bits per heavy atom. The fourth-order valence-electron chi connectivity index (χ4n) is 3.53. The number of carbonyl (C=O) groups is 1. The summed E-state index contributed by atoms with van der Waals surface area (Å²) in [6.45, 7) is 9.56. The van der Waals surface area contributed by atoms with Crippen molar-refractivity contribution in [1.82, 2.24) is 24.5 Å². The summed E-state index contributed by atoms with van der Waals surface area (Å²) in [4.78, 5) is 14.5. The molecule has 0 aromatic carbocycles. The second kappa shape index (κ2) is 7.00. The quantitative estimate of drug-likeness (QED) is 0.891. The minimum atomic E-state index is 0.0448. The van der Waals surface area contributed by atoms with Gasteiger partial charge in [-0.3, -0.25) is 14.2 Å². The van der Waals surface area contributed by atoms with Gasteiger partial charge in [-0.15, -0.1) is 0 Å². The predicted octanol–water partition coefficient (Wildman–Crippen LogP) is 1.51. The van der Waals surface area contributed by atoms with Crippen molar-refractivity contribution in [2.45, 2.75) is 46.2 Å². The number of aliphatic hydroxyl groups is 1. The first-order chi connectivity index (χ1) is 11.9. The van der Waals surface area contributed by atoms with Crippen LogP contribution in [0.3, 0.4) is 0 Å². The monoisotopic (exact) mass is 345 g/mol. The van der Waals surface area contributed by atoms with Crippen LogP contribution in [-0.2, 0) is 11.3 Å². The molecule has 0 saturated carbocycles. The van der Waals surface area contributed by atoms with Crippen LogP contribution in [0.15, 0.2) is 18.5 Å². The van der Waals surface area contributed by atoms with Gasteiger partial charge in [0.1, 0.15) is 6.54 Å². The Hall–Kier alpha value is -2.15. The number of nitrogens with zero attached hydrogens (tertiary/aromatic N) is 5. The molecule has 0 radical (unpaired) electrons. The van der Waals surface area contributed by atoms with Crippen molar-refractivity contribution in [3.8, 4) is 0 Å². The summed E-state index contributed by atoms with van der Waals surface area (Å²) in [5.74, 6) is 0.222. The summed E-state index contributed by atoms with van der Waals surface area (Å²) < 4.78 is 3.67. The standard InChI is InChI=1S/C18H27N5O2/c1-12(2)22-8-15(6-19-22)17-9-21(7-16(17)11-24)18(25)10-23-14(4)5-13(3)20-23/h5-6,8,12,16-17,24H,7,9-11H2,1-4H3/t16-,17-/m0/s1. The molecule has 0 bridgehead atoms. The van der Waals surface area contributed by atoms with E-state index in [1.165, 1.54) is 0 Å². The highest BCUT2D eigenvalue weighted by atomic mass is 16.3. The molecule has 1 N–H and O–H groups in total. The van der Waals surface area contributed by atoms with Crippen molar-refractivity contribution in [3.63, 3.8) is 0 Å². The number of aryl methyl sites for hydroxylation is 2. The number of likely N-dealkylation sites (tertiary alicyclic amines) is 1. The third kappa shape index (κ3) is 3.61. The number of aromatic nitrogens is 4. The van der Waals surface area contributed by atoms with Crippen LogP contribution in [0.25, 0.3) is 0 Å². The molecule has 3 rings (SSSR count). The van der Waals surface area contributed by atoms with E-state index in [-0.39, 0.29) is 30.9 Å². The smallest absolute Gasteiger partial charge is 0.244 e. The molecule has 25 heavy (non-hydrogen) atoms. The first-order valence-electron chi connectivity index (χ1n) is 8.82. The third-order valence-corrected chi connectivity index (χ3v) is 5.00. The zero-order valence-corrected chi connectivity index (χ0v) is 15.4. The molecular formula is C18H27N5O2. The fraction of sp³-hybridized carbons (Fsp3) is 0.611. The maximum absolute atomic E-state index is 12.7. The lowest BCUT2D eigenvalue weighted by Gasteiger charge is -2.16. The number of rotatable bonds is 5. The van der Waals surface area contributed by atoms with Crippen molar-refractivity contribution < 1.29 is 9.90 Å². The second-order valence-corrected chi connectivity index (χ2v) is 7.28. The van der Waals surface area contributed by atoms with E-state index >= 15 is 0 Å².